The molecule has 0 aliphatic heterocycles. The van der Waals surface area contributed by atoms with E-state index in [0.717, 1.165) is 32.1 Å². The molecule has 1 atom stereocenters. The van der Waals surface area contributed by atoms with Crippen molar-refractivity contribution in [2.75, 3.05) is 10.6 Å². The number of nitrogens with one attached hydrogen (secondary N) is 2. The zero-order valence-electron chi connectivity index (χ0n) is 14.8. The van der Waals surface area contributed by atoms with Crippen molar-refractivity contribution in [3.63, 3.8) is 0 Å². The van der Waals surface area contributed by atoms with Crippen molar-refractivity contribution < 1.29 is 19.5 Å². The number of benzene rings is 1. The van der Waals surface area contributed by atoms with Gasteiger partial charge in [0.05, 0.1) is 11.8 Å². The Bertz CT molecular complexity index is 635. The topological polar surface area (TPSA) is 95.5 Å². The number of anilines is 2. The second kappa shape index (κ2) is 8.14. The van der Waals surface area contributed by atoms with Gasteiger partial charge in [-0.3, -0.25) is 14.4 Å². The Labute approximate surface area is 148 Å². The van der Waals surface area contributed by atoms with Crippen LogP contribution in [0.1, 0.15) is 52.4 Å². The van der Waals surface area contributed by atoms with Crippen molar-refractivity contribution in [2.45, 2.75) is 52.4 Å². The van der Waals surface area contributed by atoms with Crippen LogP contribution in [0.4, 0.5) is 11.4 Å². The lowest BCUT2D eigenvalue weighted by Gasteiger charge is -2.37. The van der Waals surface area contributed by atoms with Crippen LogP contribution >= 0.6 is 0 Å². The van der Waals surface area contributed by atoms with E-state index in [1.54, 1.807) is 31.2 Å². The number of amides is 2. The van der Waals surface area contributed by atoms with Crippen LogP contribution in [0, 0.1) is 11.3 Å². The van der Waals surface area contributed by atoms with E-state index in [-0.39, 0.29) is 24.2 Å². The molecule has 0 saturated heterocycles. The first-order valence-electron chi connectivity index (χ1n) is 8.72. The third kappa shape index (κ3) is 5.05. The van der Waals surface area contributed by atoms with Gasteiger partial charge in [-0.25, -0.2) is 0 Å². The molecule has 3 N–H and O–H groups in total. The number of carboxylic acids is 1. The fourth-order valence-electron chi connectivity index (χ4n) is 3.58. The van der Waals surface area contributed by atoms with Crippen molar-refractivity contribution in [1.82, 2.24) is 0 Å². The van der Waals surface area contributed by atoms with Crippen molar-refractivity contribution in [1.29, 1.82) is 0 Å². The highest BCUT2D eigenvalue weighted by molar-refractivity contribution is 5.97. The number of hydrogen-bond acceptors (Lipinski definition) is 3. The number of carbonyl (C=O) groups excluding carboxylic acids is 2. The Kier molecular flexibility index (Phi) is 6.17. The number of hydrogen-bond donors (Lipinski definition) is 3. The quantitative estimate of drug-likeness (QED) is 0.733. The van der Waals surface area contributed by atoms with Crippen molar-refractivity contribution in [3.05, 3.63) is 24.3 Å². The smallest absolute Gasteiger partial charge is 0.304 e. The summed E-state index contributed by atoms with van der Waals surface area (Å²) in [5.41, 5.74) is 0.306. The summed E-state index contributed by atoms with van der Waals surface area (Å²) in [5.74, 6) is -1.29. The van der Waals surface area contributed by atoms with E-state index in [4.69, 9.17) is 0 Å². The Morgan fingerprint density at radius 1 is 1.04 bits per heavy atom. The van der Waals surface area contributed by atoms with Crippen LogP contribution in [0.5, 0.6) is 0 Å². The highest BCUT2D eigenvalue weighted by atomic mass is 16.4. The molecule has 2 amide bonds. The molecular weight excluding hydrogens is 320 g/mol. The van der Waals surface area contributed by atoms with Gasteiger partial charge in [-0.1, -0.05) is 19.3 Å². The fourth-order valence-corrected chi connectivity index (χ4v) is 3.58. The second-order valence-electron chi connectivity index (χ2n) is 7.04. The van der Waals surface area contributed by atoms with Crippen LogP contribution < -0.4 is 10.6 Å². The molecule has 1 aliphatic carbocycles. The maximum atomic E-state index is 12.9. The van der Waals surface area contributed by atoms with Gasteiger partial charge < -0.3 is 15.7 Å². The molecule has 1 aliphatic rings. The molecule has 0 aromatic heterocycles. The van der Waals surface area contributed by atoms with Crippen molar-refractivity contribution >= 4 is 29.2 Å². The minimum Gasteiger partial charge on any atom is -0.481 e. The van der Waals surface area contributed by atoms with Gasteiger partial charge in [0, 0.05) is 18.3 Å². The molecule has 1 fully saturated rings. The lowest BCUT2D eigenvalue weighted by molar-refractivity contribution is -0.145. The van der Waals surface area contributed by atoms with E-state index in [2.05, 4.69) is 10.6 Å². The fraction of sp³-hybridized carbons (Fsp3) is 0.526. The molecule has 6 heteroatoms. The molecule has 0 bridgehead atoms. The number of carboxylic acid groups (broad SMARTS) is 1. The summed E-state index contributed by atoms with van der Waals surface area (Å²) in [7, 11) is 0. The summed E-state index contributed by atoms with van der Waals surface area (Å²) in [4.78, 5) is 35.3. The van der Waals surface area contributed by atoms with Gasteiger partial charge in [0.2, 0.25) is 11.8 Å². The summed E-state index contributed by atoms with van der Waals surface area (Å²) in [6.07, 6.45) is 4.83. The van der Waals surface area contributed by atoms with Crippen LogP contribution in [0.3, 0.4) is 0 Å². The minimum atomic E-state index is -0.954. The summed E-state index contributed by atoms with van der Waals surface area (Å²) in [5, 5.41) is 14.8. The predicted molar refractivity (Wildman–Crippen MR) is 96.3 cm³/mol. The normalized spacial score (nSPS) is 17.4. The summed E-state index contributed by atoms with van der Waals surface area (Å²) in [6, 6.07) is 6.80. The van der Waals surface area contributed by atoms with E-state index >= 15 is 0 Å². The van der Waals surface area contributed by atoms with E-state index in [1.807, 2.05) is 0 Å². The Balaban J connectivity index is 2.13. The second-order valence-corrected chi connectivity index (χ2v) is 7.04. The van der Waals surface area contributed by atoms with Gasteiger partial charge in [0.25, 0.3) is 0 Å². The summed E-state index contributed by atoms with van der Waals surface area (Å²) >= 11 is 0. The van der Waals surface area contributed by atoms with Crippen LogP contribution in [-0.2, 0) is 14.4 Å². The van der Waals surface area contributed by atoms with Gasteiger partial charge in [0.1, 0.15) is 0 Å². The van der Waals surface area contributed by atoms with Crippen LogP contribution in [0.25, 0.3) is 0 Å². The van der Waals surface area contributed by atoms with Gasteiger partial charge >= 0.3 is 5.97 Å². The zero-order chi connectivity index (χ0) is 18.4. The summed E-state index contributed by atoms with van der Waals surface area (Å²) in [6.45, 7) is 3.19. The largest absolute Gasteiger partial charge is 0.481 e. The molecule has 136 valence electrons. The first kappa shape index (κ1) is 19.0. The molecule has 25 heavy (non-hydrogen) atoms. The number of rotatable bonds is 6. The third-order valence-electron chi connectivity index (χ3n) is 5.01. The van der Waals surface area contributed by atoms with Crippen LogP contribution in [-0.4, -0.2) is 22.9 Å². The maximum absolute atomic E-state index is 12.9. The summed E-state index contributed by atoms with van der Waals surface area (Å²) < 4.78 is 0. The van der Waals surface area contributed by atoms with E-state index < -0.39 is 11.4 Å². The Hall–Kier alpha value is -2.37. The molecular formula is C19H26N2O4. The van der Waals surface area contributed by atoms with Crippen LogP contribution in [0.2, 0.25) is 0 Å². The third-order valence-corrected chi connectivity index (χ3v) is 5.01. The van der Waals surface area contributed by atoms with E-state index in [9.17, 15) is 19.5 Å². The lowest BCUT2D eigenvalue weighted by Crippen LogP contribution is -2.42. The van der Waals surface area contributed by atoms with Crippen molar-refractivity contribution in [2.24, 2.45) is 11.3 Å². The molecule has 1 saturated carbocycles. The van der Waals surface area contributed by atoms with Gasteiger partial charge in [-0.2, -0.15) is 0 Å². The van der Waals surface area contributed by atoms with Crippen molar-refractivity contribution in [3.8, 4) is 0 Å². The molecule has 6 nitrogen and oxygen atoms in total. The Morgan fingerprint density at radius 2 is 1.56 bits per heavy atom. The maximum Gasteiger partial charge on any atom is 0.304 e. The zero-order valence-corrected chi connectivity index (χ0v) is 14.8. The molecule has 1 aromatic rings. The Morgan fingerprint density at radius 3 is 2.04 bits per heavy atom. The number of aliphatic carboxylic acids is 1. The molecule has 0 radical (unpaired) electrons. The first-order chi connectivity index (χ1) is 11.8. The molecule has 1 unspecified atom stereocenters. The first-order valence-corrected chi connectivity index (χ1v) is 8.72. The van der Waals surface area contributed by atoms with Crippen LogP contribution in [0.15, 0.2) is 24.3 Å². The molecule has 2 rings (SSSR count). The van der Waals surface area contributed by atoms with Gasteiger partial charge in [-0.05, 0) is 49.9 Å². The highest BCUT2D eigenvalue weighted by Crippen LogP contribution is 2.42. The standard InChI is InChI=1S/C19H26N2O4/c1-13(22)20-15-8-10-16(11-9-15)21-18(25)19(2,12-17(23)24)14-6-4-3-5-7-14/h8-11,14H,3-7,12H2,1-2H3,(H,20,22)(H,21,25)(H,23,24). The average molecular weight is 346 g/mol. The highest BCUT2D eigenvalue weighted by Gasteiger charge is 2.43. The van der Waals surface area contributed by atoms with Gasteiger partial charge in [0.15, 0.2) is 0 Å². The van der Waals surface area contributed by atoms with E-state index in [0.29, 0.717) is 11.4 Å². The molecule has 0 spiro atoms. The lowest BCUT2D eigenvalue weighted by atomic mass is 9.67. The SMILES string of the molecule is CC(=O)Nc1ccc(NC(=O)C(C)(CC(=O)O)C2CCCCC2)cc1. The molecule has 1 aromatic carbocycles. The average Bonchev–Trinajstić information content (AvgIpc) is 2.56. The molecule has 0 heterocycles. The predicted octanol–water partition coefficient (Wildman–Crippen LogP) is 3.64. The van der Waals surface area contributed by atoms with Gasteiger partial charge in [-0.15, -0.1) is 0 Å². The monoisotopic (exact) mass is 346 g/mol. The minimum absolute atomic E-state index is 0.0796. The number of carbonyl (C=O) groups is 3. The van der Waals surface area contributed by atoms with E-state index in [1.165, 1.54) is 6.92 Å².